The normalized spacial score (nSPS) is 14.4. The van der Waals surface area contributed by atoms with Crippen LogP contribution in [0.15, 0.2) is 65.6 Å². The van der Waals surface area contributed by atoms with Crippen LogP contribution in [0.4, 0.5) is 4.79 Å². The maximum atomic E-state index is 12.2. The zero-order valence-electron chi connectivity index (χ0n) is 17.0. The van der Waals surface area contributed by atoms with Crippen LogP contribution in [0.5, 0.6) is 0 Å². The molecule has 31 heavy (non-hydrogen) atoms. The fraction of sp³-hybridized carbons (Fsp3) is 0.250. The lowest BCUT2D eigenvalue weighted by molar-refractivity contribution is 0.0180. The number of aromatic nitrogens is 1. The molecule has 1 amide bonds. The van der Waals surface area contributed by atoms with E-state index < -0.39 is 18.3 Å². The summed E-state index contributed by atoms with van der Waals surface area (Å²) in [6, 6.07) is 17.4. The number of hydrogen-bond acceptors (Lipinski definition) is 5. The molecule has 0 saturated heterocycles. The van der Waals surface area contributed by atoms with Crippen LogP contribution in [0.25, 0.3) is 11.1 Å². The first-order chi connectivity index (χ1) is 15.0. The first-order valence-electron chi connectivity index (χ1n) is 10.1. The van der Waals surface area contributed by atoms with Gasteiger partial charge < -0.3 is 25.3 Å². The molecule has 2 atom stereocenters. The SMILES string of the molecule is Cc1cc(=O)[nH]cc1C(O)C(O)CNC(=O)OCC1c2ccccc2-c2ccccc21. The predicted molar refractivity (Wildman–Crippen MR) is 116 cm³/mol. The van der Waals surface area contributed by atoms with E-state index >= 15 is 0 Å². The second-order valence-corrected chi connectivity index (χ2v) is 7.65. The van der Waals surface area contributed by atoms with Gasteiger partial charge in [0.2, 0.25) is 5.56 Å². The Morgan fingerprint density at radius 1 is 1.10 bits per heavy atom. The number of carbonyl (C=O) groups is 1. The molecule has 3 aromatic rings. The molecule has 4 N–H and O–H groups in total. The average molecular weight is 420 g/mol. The number of H-pyrrole nitrogens is 1. The van der Waals surface area contributed by atoms with Crippen LogP contribution in [-0.4, -0.2) is 40.5 Å². The molecule has 7 heteroatoms. The minimum absolute atomic E-state index is 0.0579. The van der Waals surface area contributed by atoms with Crippen molar-refractivity contribution < 1.29 is 19.7 Å². The molecule has 2 unspecified atom stereocenters. The highest BCUT2D eigenvalue weighted by Crippen LogP contribution is 2.44. The summed E-state index contributed by atoms with van der Waals surface area (Å²) in [4.78, 5) is 26.0. The van der Waals surface area contributed by atoms with E-state index in [0.717, 1.165) is 22.3 Å². The third-order valence-electron chi connectivity index (χ3n) is 5.66. The summed E-state index contributed by atoms with van der Waals surface area (Å²) >= 11 is 0. The molecule has 0 bridgehead atoms. The van der Waals surface area contributed by atoms with E-state index in [1.807, 2.05) is 36.4 Å². The van der Waals surface area contributed by atoms with Crippen molar-refractivity contribution in [1.29, 1.82) is 0 Å². The molecule has 1 aliphatic carbocycles. The molecule has 4 rings (SSSR count). The number of aryl methyl sites for hydroxylation is 1. The third kappa shape index (κ3) is 4.23. The Bertz CT molecular complexity index is 1110. The molecule has 0 fully saturated rings. The smallest absolute Gasteiger partial charge is 0.407 e. The van der Waals surface area contributed by atoms with Crippen LogP contribution in [0.3, 0.4) is 0 Å². The van der Waals surface area contributed by atoms with Crippen LogP contribution in [-0.2, 0) is 4.74 Å². The minimum atomic E-state index is -1.26. The van der Waals surface area contributed by atoms with Crippen molar-refractivity contribution in [1.82, 2.24) is 10.3 Å². The molecule has 1 aliphatic rings. The maximum Gasteiger partial charge on any atom is 0.407 e. The predicted octanol–water partition coefficient (Wildman–Crippen LogP) is 2.62. The van der Waals surface area contributed by atoms with Gasteiger partial charge in [-0.2, -0.15) is 0 Å². The molecule has 0 aliphatic heterocycles. The van der Waals surface area contributed by atoms with Crippen molar-refractivity contribution in [2.45, 2.75) is 25.0 Å². The molecular formula is C24H24N2O5. The highest BCUT2D eigenvalue weighted by Gasteiger charge is 2.29. The molecule has 0 spiro atoms. The molecular weight excluding hydrogens is 396 g/mol. The van der Waals surface area contributed by atoms with Crippen molar-refractivity contribution in [3.63, 3.8) is 0 Å². The van der Waals surface area contributed by atoms with Crippen LogP contribution in [0.2, 0.25) is 0 Å². The van der Waals surface area contributed by atoms with Crippen LogP contribution in [0.1, 0.15) is 34.3 Å². The van der Waals surface area contributed by atoms with Gasteiger partial charge in [0.05, 0.1) is 0 Å². The van der Waals surface area contributed by atoms with Gasteiger partial charge in [-0.3, -0.25) is 4.79 Å². The molecule has 7 nitrogen and oxygen atoms in total. The summed E-state index contributed by atoms with van der Waals surface area (Å²) in [7, 11) is 0. The number of hydrogen-bond donors (Lipinski definition) is 4. The molecule has 160 valence electrons. The van der Waals surface area contributed by atoms with Crippen LogP contribution < -0.4 is 10.9 Å². The average Bonchev–Trinajstić information content (AvgIpc) is 3.09. The second kappa shape index (κ2) is 8.75. The summed E-state index contributed by atoms with van der Waals surface area (Å²) in [5, 5.41) is 23.1. The number of aliphatic hydroxyl groups is 2. The summed E-state index contributed by atoms with van der Waals surface area (Å²) in [6.07, 6.45) is -1.83. The number of rotatable bonds is 6. The van der Waals surface area contributed by atoms with E-state index in [1.165, 1.54) is 12.3 Å². The number of nitrogens with one attached hydrogen (secondary N) is 2. The number of alkyl carbamates (subject to hydrolysis) is 1. The quantitative estimate of drug-likeness (QED) is 0.490. The van der Waals surface area contributed by atoms with Gasteiger partial charge in [0.1, 0.15) is 18.8 Å². The van der Waals surface area contributed by atoms with Crippen molar-refractivity contribution in [3.05, 3.63) is 93.4 Å². The van der Waals surface area contributed by atoms with Crippen molar-refractivity contribution >= 4 is 6.09 Å². The fourth-order valence-corrected chi connectivity index (χ4v) is 4.06. The summed E-state index contributed by atoms with van der Waals surface area (Å²) in [5.41, 5.74) is 5.16. The monoisotopic (exact) mass is 420 g/mol. The number of amides is 1. The highest BCUT2D eigenvalue weighted by atomic mass is 16.5. The zero-order valence-corrected chi connectivity index (χ0v) is 17.0. The van der Waals surface area contributed by atoms with Gasteiger partial charge in [-0.1, -0.05) is 48.5 Å². The molecule has 1 aromatic heterocycles. The van der Waals surface area contributed by atoms with E-state index in [4.69, 9.17) is 4.74 Å². The largest absolute Gasteiger partial charge is 0.449 e. The van der Waals surface area contributed by atoms with Gasteiger partial charge >= 0.3 is 6.09 Å². The Morgan fingerprint density at radius 2 is 1.71 bits per heavy atom. The number of ether oxygens (including phenoxy) is 1. The van der Waals surface area contributed by atoms with E-state index in [-0.39, 0.29) is 24.6 Å². The lowest BCUT2D eigenvalue weighted by Crippen LogP contribution is -2.36. The molecule has 2 aromatic carbocycles. The third-order valence-corrected chi connectivity index (χ3v) is 5.66. The van der Waals surface area contributed by atoms with Gasteiger partial charge in [-0.15, -0.1) is 0 Å². The van der Waals surface area contributed by atoms with E-state index in [0.29, 0.717) is 11.1 Å². The Labute approximate surface area is 179 Å². The van der Waals surface area contributed by atoms with Gasteiger partial charge in [-0.05, 0) is 34.7 Å². The number of pyridine rings is 1. The minimum Gasteiger partial charge on any atom is -0.449 e. The van der Waals surface area contributed by atoms with E-state index in [9.17, 15) is 19.8 Å². The fourth-order valence-electron chi connectivity index (χ4n) is 4.06. The van der Waals surface area contributed by atoms with Crippen LogP contribution >= 0.6 is 0 Å². The first kappa shape index (κ1) is 20.8. The lowest BCUT2D eigenvalue weighted by Gasteiger charge is -2.20. The number of benzene rings is 2. The number of carbonyl (C=O) groups excluding carboxylic acids is 1. The Balaban J connectivity index is 1.35. The summed E-state index contributed by atoms with van der Waals surface area (Å²) in [5.74, 6) is -0.0579. The summed E-state index contributed by atoms with van der Waals surface area (Å²) < 4.78 is 5.42. The maximum absolute atomic E-state index is 12.2. The van der Waals surface area contributed by atoms with Crippen molar-refractivity contribution in [3.8, 4) is 11.1 Å². The Morgan fingerprint density at radius 3 is 2.32 bits per heavy atom. The molecule has 0 radical (unpaired) electrons. The Hall–Kier alpha value is -3.42. The Kier molecular flexibility index (Phi) is 5.88. The topological polar surface area (TPSA) is 112 Å². The van der Waals surface area contributed by atoms with Gasteiger partial charge in [0.25, 0.3) is 0 Å². The van der Waals surface area contributed by atoms with Gasteiger partial charge in [-0.25, -0.2) is 4.79 Å². The number of aliphatic hydroxyl groups excluding tert-OH is 2. The highest BCUT2D eigenvalue weighted by molar-refractivity contribution is 5.79. The second-order valence-electron chi connectivity index (χ2n) is 7.65. The van der Waals surface area contributed by atoms with Crippen molar-refractivity contribution in [2.24, 2.45) is 0 Å². The molecule has 1 heterocycles. The van der Waals surface area contributed by atoms with E-state index in [2.05, 4.69) is 22.4 Å². The number of aromatic amines is 1. The first-order valence-corrected chi connectivity index (χ1v) is 10.1. The zero-order chi connectivity index (χ0) is 22.0. The van der Waals surface area contributed by atoms with Crippen LogP contribution in [0, 0.1) is 6.92 Å². The number of fused-ring (bicyclic) bond motifs is 3. The standard InChI is InChI=1S/C24H24N2O5/c1-14-10-22(28)25-11-19(14)23(29)21(27)12-26-24(30)31-13-20-17-8-4-2-6-15(17)16-7-3-5-9-18(16)20/h2-11,20-21,23,27,29H,12-13H2,1H3,(H,25,28)(H,26,30). The van der Waals surface area contributed by atoms with Gasteiger partial charge in [0.15, 0.2) is 0 Å². The van der Waals surface area contributed by atoms with Gasteiger partial charge in [0, 0.05) is 30.3 Å². The van der Waals surface area contributed by atoms with E-state index in [1.54, 1.807) is 6.92 Å². The lowest BCUT2D eigenvalue weighted by atomic mass is 9.98. The summed E-state index contributed by atoms with van der Waals surface area (Å²) in [6.45, 7) is 1.63. The van der Waals surface area contributed by atoms with Crippen molar-refractivity contribution in [2.75, 3.05) is 13.2 Å². The molecule has 0 saturated carbocycles.